The van der Waals surface area contributed by atoms with E-state index in [1.807, 2.05) is 91.0 Å². The zero-order valence-electron chi connectivity index (χ0n) is 19.6. The number of benzene rings is 5. The Hall–Kier alpha value is -4.35. The molecule has 5 nitrogen and oxygen atoms in total. The van der Waals surface area contributed by atoms with Crippen LogP contribution >= 0.6 is 11.6 Å². The number of rotatable bonds is 7. The first-order valence-electron chi connectivity index (χ1n) is 11.4. The van der Waals surface area contributed by atoms with E-state index in [1.54, 1.807) is 19.4 Å². The van der Waals surface area contributed by atoms with Crippen LogP contribution in [0.4, 0.5) is 0 Å². The number of methoxy groups -OCH3 is 1. The summed E-state index contributed by atoms with van der Waals surface area (Å²) in [6.07, 6.45) is 1.62. The monoisotopic (exact) mass is 494 g/mol. The summed E-state index contributed by atoms with van der Waals surface area (Å²) >= 11 is 5.99. The normalized spacial score (nSPS) is 11.2. The average molecular weight is 495 g/mol. The lowest BCUT2D eigenvalue weighted by molar-refractivity contribution is 0.0952. The molecule has 5 aromatic rings. The summed E-state index contributed by atoms with van der Waals surface area (Å²) in [6.45, 7) is 0.372. The van der Waals surface area contributed by atoms with Crippen molar-refractivity contribution in [1.29, 1.82) is 0 Å². The topological polar surface area (TPSA) is 59.9 Å². The van der Waals surface area contributed by atoms with E-state index in [4.69, 9.17) is 21.1 Å². The van der Waals surface area contributed by atoms with Gasteiger partial charge in [0.2, 0.25) is 0 Å². The minimum Gasteiger partial charge on any atom is -0.496 e. The van der Waals surface area contributed by atoms with Crippen LogP contribution in [0.2, 0.25) is 5.02 Å². The zero-order chi connectivity index (χ0) is 24.9. The van der Waals surface area contributed by atoms with Crippen molar-refractivity contribution in [2.45, 2.75) is 6.61 Å². The van der Waals surface area contributed by atoms with E-state index >= 15 is 0 Å². The molecule has 0 aliphatic rings. The number of hydrogen-bond acceptors (Lipinski definition) is 4. The number of fused-ring (bicyclic) bond motifs is 2. The van der Waals surface area contributed by atoms with Crippen molar-refractivity contribution < 1.29 is 14.3 Å². The van der Waals surface area contributed by atoms with E-state index in [9.17, 15) is 4.79 Å². The number of hydrogen-bond donors (Lipinski definition) is 1. The Bertz CT molecular complexity index is 1580. The summed E-state index contributed by atoms with van der Waals surface area (Å²) in [5.41, 5.74) is 4.81. The van der Waals surface area contributed by atoms with Gasteiger partial charge in [-0.15, -0.1) is 0 Å². The second-order valence-electron chi connectivity index (χ2n) is 8.21. The van der Waals surface area contributed by atoms with Gasteiger partial charge >= 0.3 is 0 Å². The first-order valence-corrected chi connectivity index (χ1v) is 11.8. The summed E-state index contributed by atoms with van der Waals surface area (Å²) in [5.74, 6) is 0.779. The number of amides is 1. The highest BCUT2D eigenvalue weighted by atomic mass is 35.5. The van der Waals surface area contributed by atoms with Crippen molar-refractivity contribution in [2.75, 3.05) is 7.11 Å². The third-order valence-corrected chi connectivity index (χ3v) is 6.16. The molecule has 1 amide bonds. The van der Waals surface area contributed by atoms with Gasteiger partial charge in [-0.3, -0.25) is 4.79 Å². The molecule has 178 valence electrons. The smallest absolute Gasteiger partial charge is 0.275 e. The second kappa shape index (κ2) is 10.5. The maximum absolute atomic E-state index is 13.0. The highest BCUT2D eigenvalue weighted by Gasteiger charge is 2.14. The number of nitrogens with zero attached hydrogens (tertiary/aromatic N) is 1. The third-order valence-electron chi connectivity index (χ3n) is 5.91. The first kappa shape index (κ1) is 23.4. The third kappa shape index (κ3) is 5.02. The van der Waals surface area contributed by atoms with Crippen LogP contribution in [-0.2, 0) is 6.61 Å². The molecule has 0 aliphatic carbocycles. The molecular weight excluding hydrogens is 472 g/mol. The number of carbonyl (C=O) groups is 1. The lowest BCUT2D eigenvalue weighted by atomic mass is 10.0. The van der Waals surface area contributed by atoms with E-state index in [-0.39, 0.29) is 5.91 Å². The Morgan fingerprint density at radius 3 is 2.31 bits per heavy atom. The lowest BCUT2D eigenvalue weighted by Gasteiger charge is -2.12. The molecule has 0 saturated heterocycles. The number of halogens is 1. The van der Waals surface area contributed by atoms with Crippen LogP contribution in [0.1, 0.15) is 21.5 Å². The van der Waals surface area contributed by atoms with E-state index in [0.29, 0.717) is 28.7 Å². The Labute approximate surface area is 213 Å². The summed E-state index contributed by atoms with van der Waals surface area (Å²) in [5, 5.41) is 8.89. The predicted octanol–water partition coefficient (Wildman–Crippen LogP) is 7.00. The van der Waals surface area contributed by atoms with E-state index < -0.39 is 0 Å². The van der Waals surface area contributed by atoms with Gasteiger partial charge in [0.25, 0.3) is 5.91 Å². The largest absolute Gasteiger partial charge is 0.496 e. The second-order valence-corrected chi connectivity index (χ2v) is 8.65. The van der Waals surface area contributed by atoms with Crippen molar-refractivity contribution in [3.63, 3.8) is 0 Å². The van der Waals surface area contributed by atoms with Gasteiger partial charge in [-0.05, 0) is 57.4 Å². The van der Waals surface area contributed by atoms with Gasteiger partial charge in [0, 0.05) is 10.6 Å². The molecular formula is C30H23ClN2O3. The quantitative estimate of drug-likeness (QED) is 0.196. The Morgan fingerprint density at radius 1 is 0.861 bits per heavy atom. The van der Waals surface area contributed by atoms with Gasteiger partial charge < -0.3 is 9.47 Å². The van der Waals surface area contributed by atoms with Gasteiger partial charge in [0.15, 0.2) is 0 Å². The van der Waals surface area contributed by atoms with E-state index in [0.717, 1.165) is 32.7 Å². The van der Waals surface area contributed by atoms with Gasteiger partial charge in [0.1, 0.15) is 18.1 Å². The Balaban J connectivity index is 1.42. The van der Waals surface area contributed by atoms with Gasteiger partial charge in [-0.1, -0.05) is 78.3 Å². The van der Waals surface area contributed by atoms with Crippen molar-refractivity contribution in [3.8, 4) is 11.5 Å². The number of hydrazone groups is 1. The van der Waals surface area contributed by atoms with E-state index in [1.165, 1.54) is 0 Å². The molecule has 0 aliphatic heterocycles. The SMILES string of the molecule is COc1cc2ccccc2cc1C(=O)NN=Cc1c(OCc2ccc(Cl)cc2)ccc2ccccc12. The molecule has 0 bridgehead atoms. The van der Waals surface area contributed by atoms with Crippen LogP contribution in [-0.4, -0.2) is 19.2 Å². The highest BCUT2D eigenvalue weighted by molar-refractivity contribution is 6.30. The molecule has 0 aromatic heterocycles. The Morgan fingerprint density at radius 2 is 1.56 bits per heavy atom. The fourth-order valence-electron chi connectivity index (χ4n) is 4.06. The highest BCUT2D eigenvalue weighted by Crippen LogP contribution is 2.28. The summed E-state index contributed by atoms with van der Waals surface area (Å²) < 4.78 is 11.6. The summed E-state index contributed by atoms with van der Waals surface area (Å²) in [4.78, 5) is 13.0. The number of ether oxygens (including phenoxy) is 2. The van der Waals surface area contributed by atoms with Crippen LogP contribution in [0, 0.1) is 0 Å². The van der Waals surface area contributed by atoms with Crippen molar-refractivity contribution in [3.05, 3.63) is 119 Å². The molecule has 6 heteroatoms. The van der Waals surface area contributed by atoms with Crippen LogP contribution < -0.4 is 14.9 Å². The van der Waals surface area contributed by atoms with Gasteiger partial charge in [-0.2, -0.15) is 5.10 Å². The van der Waals surface area contributed by atoms with Gasteiger partial charge in [0.05, 0.1) is 18.9 Å². The first-order chi connectivity index (χ1) is 17.6. The minimum atomic E-state index is -0.363. The number of carbonyl (C=O) groups excluding carboxylic acids is 1. The summed E-state index contributed by atoms with van der Waals surface area (Å²) in [6, 6.07) is 30.8. The minimum absolute atomic E-state index is 0.363. The molecule has 0 spiro atoms. The molecule has 0 radical (unpaired) electrons. The molecule has 36 heavy (non-hydrogen) atoms. The Kier molecular flexibility index (Phi) is 6.83. The molecule has 0 saturated carbocycles. The van der Waals surface area contributed by atoms with Crippen LogP contribution in [0.15, 0.2) is 102 Å². The fourth-order valence-corrected chi connectivity index (χ4v) is 4.18. The maximum Gasteiger partial charge on any atom is 0.275 e. The zero-order valence-corrected chi connectivity index (χ0v) is 20.3. The van der Waals surface area contributed by atoms with Crippen molar-refractivity contribution >= 4 is 45.3 Å². The molecule has 0 heterocycles. The molecule has 5 rings (SSSR count). The van der Waals surface area contributed by atoms with Gasteiger partial charge in [-0.25, -0.2) is 5.43 Å². The van der Waals surface area contributed by atoms with Crippen LogP contribution in [0.25, 0.3) is 21.5 Å². The van der Waals surface area contributed by atoms with Crippen LogP contribution in [0.3, 0.4) is 0 Å². The molecule has 5 aromatic carbocycles. The molecule has 0 unspecified atom stereocenters. The fraction of sp³-hybridized carbons (Fsp3) is 0.0667. The average Bonchev–Trinajstić information content (AvgIpc) is 2.92. The predicted molar refractivity (Wildman–Crippen MR) is 145 cm³/mol. The van der Waals surface area contributed by atoms with Crippen molar-refractivity contribution in [2.24, 2.45) is 5.10 Å². The van der Waals surface area contributed by atoms with Crippen LogP contribution in [0.5, 0.6) is 11.5 Å². The summed E-state index contributed by atoms with van der Waals surface area (Å²) in [7, 11) is 1.55. The molecule has 1 N–H and O–H groups in total. The standard InChI is InChI=1S/C30H23ClN2O3/c1-35-29-17-23-8-3-2-7-22(23)16-26(29)30(34)33-32-18-27-25-9-5-4-6-21(25)12-15-28(27)36-19-20-10-13-24(31)14-11-20/h2-18H,19H2,1H3,(H,33,34). The number of nitrogens with one attached hydrogen (secondary N) is 1. The lowest BCUT2D eigenvalue weighted by Crippen LogP contribution is -2.18. The van der Waals surface area contributed by atoms with E-state index in [2.05, 4.69) is 10.5 Å². The molecule has 0 fully saturated rings. The molecule has 0 atom stereocenters. The van der Waals surface area contributed by atoms with Crippen molar-refractivity contribution in [1.82, 2.24) is 5.43 Å². The maximum atomic E-state index is 13.0.